The van der Waals surface area contributed by atoms with Crippen molar-refractivity contribution in [3.05, 3.63) is 58.4 Å². The van der Waals surface area contributed by atoms with Gasteiger partial charge in [0.1, 0.15) is 23.1 Å². The minimum Gasteiger partial charge on any atom is -0.382 e. The average molecular weight is 497 g/mol. The van der Waals surface area contributed by atoms with Crippen molar-refractivity contribution in [2.24, 2.45) is 11.1 Å². The maximum Gasteiger partial charge on any atom is 0.184 e. The molecule has 1 saturated heterocycles. The number of nitrogen functional groups attached to an aromatic ring is 2. The number of fused-ring (bicyclic) bond motifs is 1. The molecular formula is C23H22ClFN8S. The molecule has 3 aromatic rings. The molecule has 0 radical (unpaired) electrons. The Balaban J connectivity index is 1.40. The second-order valence-electron chi connectivity index (χ2n) is 8.56. The number of piperidine rings is 1. The predicted octanol–water partition coefficient (Wildman–Crippen LogP) is 3.50. The first-order chi connectivity index (χ1) is 16.3. The molecule has 34 heavy (non-hydrogen) atoms. The minimum atomic E-state index is -1.20. The van der Waals surface area contributed by atoms with Gasteiger partial charge in [-0.05, 0) is 30.0 Å². The number of benzene rings is 1. The number of anilines is 3. The summed E-state index contributed by atoms with van der Waals surface area (Å²) in [4.78, 5) is 15.1. The van der Waals surface area contributed by atoms with Crippen LogP contribution in [0, 0.1) is 16.7 Å². The molecule has 8 nitrogen and oxygen atoms in total. The molecule has 3 atom stereocenters. The van der Waals surface area contributed by atoms with E-state index in [-0.39, 0.29) is 40.8 Å². The van der Waals surface area contributed by atoms with Crippen molar-refractivity contribution >= 4 is 40.8 Å². The zero-order valence-corrected chi connectivity index (χ0v) is 19.7. The maximum atomic E-state index is 15.8. The zero-order valence-electron chi connectivity index (χ0n) is 18.1. The molecule has 0 bridgehead atoms. The fourth-order valence-electron chi connectivity index (χ4n) is 4.90. The maximum absolute atomic E-state index is 15.8. The highest BCUT2D eigenvalue weighted by Gasteiger charge is 2.52. The number of rotatable bonds is 3. The van der Waals surface area contributed by atoms with E-state index in [4.69, 9.17) is 28.8 Å². The molecule has 5 rings (SSSR count). The van der Waals surface area contributed by atoms with Crippen LogP contribution in [0.15, 0.2) is 46.5 Å². The summed E-state index contributed by atoms with van der Waals surface area (Å²) in [5, 5.41) is 10.3. The normalized spacial score (nSPS) is 23.6. The highest BCUT2D eigenvalue weighted by Crippen LogP contribution is 2.52. The first-order valence-electron chi connectivity index (χ1n) is 10.7. The first-order valence-corrected chi connectivity index (χ1v) is 11.9. The topological polar surface area (TPSA) is 144 Å². The van der Waals surface area contributed by atoms with Crippen molar-refractivity contribution in [2.45, 2.75) is 35.0 Å². The van der Waals surface area contributed by atoms with Gasteiger partial charge in [-0.1, -0.05) is 47.6 Å². The van der Waals surface area contributed by atoms with E-state index in [0.717, 1.165) is 22.9 Å². The van der Waals surface area contributed by atoms with Crippen molar-refractivity contribution < 1.29 is 4.39 Å². The van der Waals surface area contributed by atoms with Crippen LogP contribution in [0.2, 0.25) is 5.02 Å². The van der Waals surface area contributed by atoms with E-state index in [9.17, 15) is 5.26 Å². The zero-order chi connectivity index (χ0) is 24.0. The quantitative estimate of drug-likeness (QED) is 0.496. The summed E-state index contributed by atoms with van der Waals surface area (Å²) < 4.78 is 15.8. The molecule has 174 valence electrons. The van der Waals surface area contributed by atoms with Crippen molar-refractivity contribution in [1.29, 1.82) is 5.26 Å². The van der Waals surface area contributed by atoms with Gasteiger partial charge in [0, 0.05) is 29.1 Å². The van der Waals surface area contributed by atoms with Gasteiger partial charge in [0.25, 0.3) is 0 Å². The van der Waals surface area contributed by atoms with Crippen LogP contribution in [0.25, 0.3) is 0 Å². The van der Waals surface area contributed by atoms with Crippen molar-refractivity contribution in [3.8, 4) is 6.07 Å². The summed E-state index contributed by atoms with van der Waals surface area (Å²) in [5.41, 5.74) is 20.0. The van der Waals surface area contributed by atoms with Crippen LogP contribution in [-0.4, -0.2) is 34.2 Å². The smallest absolute Gasteiger partial charge is 0.184 e. The van der Waals surface area contributed by atoms with Crippen LogP contribution in [-0.2, 0) is 6.42 Å². The summed E-state index contributed by atoms with van der Waals surface area (Å²) in [5.74, 6) is 0.566. The highest BCUT2D eigenvalue weighted by molar-refractivity contribution is 7.99. The van der Waals surface area contributed by atoms with Gasteiger partial charge >= 0.3 is 0 Å². The molecule has 2 unspecified atom stereocenters. The van der Waals surface area contributed by atoms with Crippen molar-refractivity contribution in [3.63, 3.8) is 0 Å². The second-order valence-corrected chi connectivity index (χ2v) is 9.97. The van der Waals surface area contributed by atoms with Gasteiger partial charge in [-0.2, -0.15) is 5.26 Å². The summed E-state index contributed by atoms with van der Waals surface area (Å²) in [7, 11) is 0. The van der Waals surface area contributed by atoms with Gasteiger partial charge < -0.3 is 22.1 Å². The van der Waals surface area contributed by atoms with Crippen molar-refractivity contribution in [1.82, 2.24) is 15.0 Å². The van der Waals surface area contributed by atoms with E-state index >= 15 is 4.39 Å². The predicted molar refractivity (Wildman–Crippen MR) is 130 cm³/mol. The molecule has 11 heteroatoms. The third kappa shape index (κ3) is 3.60. The minimum absolute atomic E-state index is 0.0592. The third-order valence-corrected chi connectivity index (χ3v) is 8.31. The van der Waals surface area contributed by atoms with E-state index in [1.165, 1.54) is 6.20 Å². The fourth-order valence-corrected chi connectivity index (χ4v) is 5.95. The van der Waals surface area contributed by atoms with Gasteiger partial charge in [0.15, 0.2) is 17.3 Å². The lowest BCUT2D eigenvalue weighted by Crippen LogP contribution is -2.53. The second kappa shape index (κ2) is 8.58. The number of hydrogen-bond acceptors (Lipinski definition) is 9. The van der Waals surface area contributed by atoms with Gasteiger partial charge in [-0.3, -0.25) is 0 Å². The molecule has 3 heterocycles. The van der Waals surface area contributed by atoms with Crippen LogP contribution < -0.4 is 22.1 Å². The molecule has 1 spiro atoms. The Bertz CT molecular complexity index is 1310. The Morgan fingerprint density at radius 1 is 1.21 bits per heavy atom. The molecule has 1 aromatic carbocycles. The van der Waals surface area contributed by atoms with E-state index in [1.54, 1.807) is 11.0 Å². The van der Waals surface area contributed by atoms with Crippen LogP contribution in [0.3, 0.4) is 0 Å². The molecule has 1 aliphatic heterocycles. The molecule has 6 N–H and O–H groups in total. The number of alkyl halides is 1. The lowest BCUT2D eigenvalue weighted by molar-refractivity contribution is 0.0628. The van der Waals surface area contributed by atoms with Crippen molar-refractivity contribution in [2.75, 3.05) is 29.5 Å². The van der Waals surface area contributed by atoms with Crippen LogP contribution in [0.5, 0.6) is 0 Å². The fraction of sp³-hybridized carbons (Fsp3) is 0.304. The lowest BCUT2D eigenvalue weighted by atomic mass is 9.71. The molecule has 0 amide bonds. The number of nitriles is 1. The molecule has 1 fully saturated rings. The van der Waals surface area contributed by atoms with E-state index < -0.39 is 11.6 Å². The number of hydrogen-bond donors (Lipinski definition) is 3. The number of pyridine rings is 1. The van der Waals surface area contributed by atoms with Gasteiger partial charge in [0.05, 0.1) is 11.6 Å². The number of nitrogens with two attached hydrogens (primary N) is 3. The van der Waals surface area contributed by atoms with E-state index in [1.807, 2.05) is 24.3 Å². The van der Waals surface area contributed by atoms with Crippen LogP contribution >= 0.6 is 23.4 Å². The summed E-state index contributed by atoms with van der Waals surface area (Å²) >= 11 is 7.36. The summed E-state index contributed by atoms with van der Waals surface area (Å²) in [6, 6.07) is 11.3. The summed E-state index contributed by atoms with van der Waals surface area (Å²) in [6.45, 7) is 0.549. The SMILES string of the molecule is N#Cc1nc(Sc2ccnc(N)c2Cl)c(N)nc1N1CCC2(Cc3ccccc3[C@H]2N)C(F)C1. The van der Waals surface area contributed by atoms with E-state index in [0.29, 0.717) is 29.3 Å². The Hall–Kier alpha value is -3.13. The monoisotopic (exact) mass is 496 g/mol. The average Bonchev–Trinajstić information content (AvgIpc) is 3.12. The summed E-state index contributed by atoms with van der Waals surface area (Å²) in [6.07, 6.45) is 1.44. The largest absolute Gasteiger partial charge is 0.382 e. The van der Waals surface area contributed by atoms with Crippen LogP contribution in [0.1, 0.15) is 29.3 Å². The first kappa shape index (κ1) is 22.7. The molecule has 2 aliphatic rings. The molecule has 0 saturated carbocycles. The molecular weight excluding hydrogens is 475 g/mol. The molecule has 2 aromatic heterocycles. The number of halogens is 2. The van der Waals surface area contributed by atoms with Gasteiger partial charge in [-0.15, -0.1) is 0 Å². The van der Waals surface area contributed by atoms with E-state index in [2.05, 4.69) is 21.0 Å². The number of nitrogens with zero attached hydrogens (tertiary/aromatic N) is 5. The number of aromatic nitrogens is 3. The standard InChI is InChI=1S/C23H22ClFN8S/c24-17-15(5-7-30-19(17)28)34-22-20(29)32-21(14(10-26)31-22)33-8-6-23(16(25)11-33)9-12-3-1-2-4-13(12)18(23)27/h1-5,7,16,18H,6,8-9,11,27H2,(H2,28,30)(H2,29,32)/t16?,18-,23?/m1/s1. The highest BCUT2D eigenvalue weighted by atomic mass is 35.5. The third-order valence-electron chi connectivity index (χ3n) is 6.74. The molecule has 1 aliphatic carbocycles. The Morgan fingerprint density at radius 2 is 2.00 bits per heavy atom. The lowest BCUT2D eigenvalue weighted by Gasteiger charge is -2.45. The van der Waals surface area contributed by atoms with Gasteiger partial charge in [-0.25, -0.2) is 19.3 Å². The van der Waals surface area contributed by atoms with Gasteiger partial charge in [0.2, 0.25) is 0 Å². The Kier molecular flexibility index (Phi) is 5.72. The van der Waals surface area contributed by atoms with Crippen LogP contribution in [0.4, 0.5) is 21.8 Å². The Labute approximate surface area is 205 Å². The Morgan fingerprint density at radius 3 is 2.74 bits per heavy atom.